The van der Waals surface area contributed by atoms with Crippen LogP contribution in [0.5, 0.6) is 0 Å². The van der Waals surface area contributed by atoms with Crippen LogP contribution in [0.15, 0.2) is 46.7 Å². The summed E-state index contributed by atoms with van der Waals surface area (Å²) in [7, 11) is -3.41. The number of rotatable bonds is 5. The molecule has 4 nitrogen and oxygen atoms in total. The van der Waals surface area contributed by atoms with E-state index in [4.69, 9.17) is 0 Å². The van der Waals surface area contributed by atoms with Crippen LogP contribution in [0.2, 0.25) is 0 Å². The Kier molecular flexibility index (Phi) is 4.71. The van der Waals surface area contributed by atoms with Crippen LogP contribution in [0.4, 0.5) is 0 Å². The third-order valence-corrected chi connectivity index (χ3v) is 8.54. The van der Waals surface area contributed by atoms with Gasteiger partial charge in [-0.05, 0) is 43.9 Å². The Hall–Kier alpha value is -1.21. The van der Waals surface area contributed by atoms with Gasteiger partial charge in [0, 0.05) is 36.6 Å². The third kappa shape index (κ3) is 3.67. The van der Waals surface area contributed by atoms with E-state index in [0.29, 0.717) is 16.8 Å². The number of thiophene rings is 1. The van der Waals surface area contributed by atoms with Gasteiger partial charge in [0.2, 0.25) is 0 Å². The van der Waals surface area contributed by atoms with Gasteiger partial charge in [-0.25, -0.2) is 8.42 Å². The second-order valence-corrected chi connectivity index (χ2v) is 10.5. The van der Waals surface area contributed by atoms with Gasteiger partial charge in [0.05, 0.1) is 0 Å². The fraction of sp³-hybridized carbons (Fsp3) is 0.474. The first kappa shape index (κ1) is 17.2. The maximum absolute atomic E-state index is 13.2. The Morgan fingerprint density at radius 1 is 1.08 bits per heavy atom. The van der Waals surface area contributed by atoms with Crippen LogP contribution in [0.1, 0.15) is 23.3 Å². The van der Waals surface area contributed by atoms with Crippen LogP contribution in [-0.4, -0.2) is 49.3 Å². The highest BCUT2D eigenvalue weighted by molar-refractivity contribution is 7.91. The van der Waals surface area contributed by atoms with Crippen molar-refractivity contribution in [3.8, 4) is 0 Å². The van der Waals surface area contributed by atoms with Crippen molar-refractivity contribution in [2.45, 2.75) is 42.5 Å². The van der Waals surface area contributed by atoms with Gasteiger partial charge in [-0.1, -0.05) is 30.3 Å². The summed E-state index contributed by atoms with van der Waals surface area (Å²) in [6, 6.07) is 14.6. The van der Waals surface area contributed by atoms with Crippen LogP contribution in [0.3, 0.4) is 0 Å². The summed E-state index contributed by atoms with van der Waals surface area (Å²) in [5.41, 5.74) is 1.20. The Bertz CT molecular complexity index is 828. The summed E-state index contributed by atoms with van der Waals surface area (Å²) >= 11 is 1.37. The average Bonchev–Trinajstić information content (AvgIpc) is 3.36. The molecule has 0 N–H and O–H groups in total. The van der Waals surface area contributed by atoms with Crippen molar-refractivity contribution < 1.29 is 8.42 Å². The molecule has 1 saturated carbocycles. The maximum atomic E-state index is 13.2. The highest BCUT2D eigenvalue weighted by atomic mass is 32.2. The summed E-state index contributed by atoms with van der Waals surface area (Å²) in [6.45, 7) is 4.23. The number of hydrogen-bond acceptors (Lipinski definition) is 4. The van der Waals surface area contributed by atoms with E-state index < -0.39 is 10.0 Å². The SMILES string of the molecule is Cc1ccc(S(=O)(=O)N2CCN(C3CC3)CC2Cc2ccccc2)s1. The Morgan fingerprint density at radius 2 is 1.84 bits per heavy atom. The largest absolute Gasteiger partial charge is 0.297 e. The molecule has 1 aromatic carbocycles. The minimum atomic E-state index is -3.41. The molecule has 1 saturated heterocycles. The van der Waals surface area contributed by atoms with Gasteiger partial charge >= 0.3 is 0 Å². The standard InChI is InChI=1S/C19H24N2O2S2/c1-15-7-10-19(24-15)25(22,23)21-12-11-20(17-8-9-17)14-18(21)13-16-5-3-2-4-6-16/h2-7,10,17-18H,8-9,11-14H2,1H3. The first-order valence-corrected chi connectivity index (χ1v) is 11.2. The molecule has 0 radical (unpaired) electrons. The molecule has 2 aromatic rings. The molecule has 2 heterocycles. The lowest BCUT2D eigenvalue weighted by molar-refractivity contribution is 0.128. The molecule has 1 aliphatic carbocycles. The van der Waals surface area contributed by atoms with Crippen molar-refractivity contribution >= 4 is 21.4 Å². The van der Waals surface area contributed by atoms with Crippen molar-refractivity contribution in [1.82, 2.24) is 9.21 Å². The number of benzene rings is 1. The molecule has 0 bridgehead atoms. The summed E-state index contributed by atoms with van der Waals surface area (Å²) in [4.78, 5) is 3.52. The lowest BCUT2D eigenvalue weighted by Crippen LogP contribution is -2.56. The predicted octanol–water partition coefficient (Wildman–Crippen LogP) is 3.14. The summed E-state index contributed by atoms with van der Waals surface area (Å²) in [6.07, 6.45) is 3.29. The van der Waals surface area contributed by atoms with E-state index in [1.54, 1.807) is 10.4 Å². The molecule has 4 rings (SSSR count). The maximum Gasteiger partial charge on any atom is 0.252 e. The Balaban J connectivity index is 1.61. The highest BCUT2D eigenvalue weighted by Crippen LogP contribution is 2.33. The molecule has 6 heteroatoms. The van der Waals surface area contributed by atoms with Gasteiger partial charge in [0.25, 0.3) is 10.0 Å². The van der Waals surface area contributed by atoms with Crippen molar-refractivity contribution in [3.05, 3.63) is 52.9 Å². The van der Waals surface area contributed by atoms with Crippen LogP contribution in [0.25, 0.3) is 0 Å². The van der Waals surface area contributed by atoms with Gasteiger partial charge in [0.1, 0.15) is 4.21 Å². The average molecular weight is 377 g/mol. The molecule has 1 atom stereocenters. The van der Waals surface area contributed by atoms with Crippen LogP contribution in [0, 0.1) is 6.92 Å². The lowest BCUT2D eigenvalue weighted by Gasteiger charge is -2.40. The molecule has 0 spiro atoms. The summed E-state index contributed by atoms with van der Waals surface area (Å²) < 4.78 is 28.7. The molecular formula is C19H24N2O2S2. The van der Waals surface area contributed by atoms with Gasteiger partial charge in [-0.3, -0.25) is 4.90 Å². The van der Waals surface area contributed by atoms with Gasteiger partial charge in [-0.2, -0.15) is 4.31 Å². The fourth-order valence-corrected chi connectivity index (χ4v) is 6.69. The van der Waals surface area contributed by atoms with E-state index in [-0.39, 0.29) is 6.04 Å². The number of hydrogen-bond donors (Lipinski definition) is 0. The minimum Gasteiger partial charge on any atom is -0.297 e. The first-order chi connectivity index (χ1) is 12.0. The smallest absolute Gasteiger partial charge is 0.252 e. The molecular weight excluding hydrogens is 352 g/mol. The number of aryl methyl sites for hydroxylation is 1. The van der Waals surface area contributed by atoms with E-state index in [0.717, 1.165) is 24.4 Å². The van der Waals surface area contributed by atoms with Gasteiger partial charge in [-0.15, -0.1) is 11.3 Å². The second kappa shape index (κ2) is 6.83. The van der Waals surface area contributed by atoms with E-state index in [1.165, 1.54) is 29.7 Å². The molecule has 2 aliphatic rings. The van der Waals surface area contributed by atoms with Gasteiger partial charge < -0.3 is 0 Å². The topological polar surface area (TPSA) is 40.6 Å². The fourth-order valence-electron chi connectivity index (χ4n) is 3.67. The molecule has 25 heavy (non-hydrogen) atoms. The quantitative estimate of drug-likeness (QED) is 0.805. The summed E-state index contributed by atoms with van der Waals surface area (Å²) in [5, 5.41) is 0. The summed E-state index contributed by atoms with van der Waals surface area (Å²) in [5.74, 6) is 0. The lowest BCUT2D eigenvalue weighted by atomic mass is 10.0. The van der Waals surface area contributed by atoms with E-state index in [2.05, 4.69) is 17.0 Å². The van der Waals surface area contributed by atoms with Crippen LogP contribution < -0.4 is 0 Å². The van der Waals surface area contributed by atoms with Crippen LogP contribution >= 0.6 is 11.3 Å². The van der Waals surface area contributed by atoms with E-state index in [9.17, 15) is 8.42 Å². The molecule has 2 fully saturated rings. The Morgan fingerprint density at radius 3 is 2.48 bits per heavy atom. The van der Waals surface area contributed by atoms with Gasteiger partial charge in [0.15, 0.2) is 0 Å². The van der Waals surface area contributed by atoms with Crippen molar-refractivity contribution in [1.29, 1.82) is 0 Å². The van der Waals surface area contributed by atoms with E-state index in [1.807, 2.05) is 31.2 Å². The molecule has 1 aromatic heterocycles. The second-order valence-electron chi connectivity index (χ2n) is 7.05. The molecule has 1 unspecified atom stereocenters. The number of piperazine rings is 1. The highest BCUT2D eigenvalue weighted by Gasteiger charge is 2.40. The third-order valence-electron chi connectivity index (χ3n) is 5.12. The number of sulfonamides is 1. The van der Waals surface area contributed by atoms with Crippen molar-refractivity contribution in [2.75, 3.05) is 19.6 Å². The minimum absolute atomic E-state index is 0.00385. The van der Waals surface area contributed by atoms with Crippen molar-refractivity contribution in [2.24, 2.45) is 0 Å². The number of nitrogens with zero attached hydrogens (tertiary/aromatic N) is 2. The molecule has 0 amide bonds. The molecule has 134 valence electrons. The normalized spacial score (nSPS) is 23.0. The zero-order chi connectivity index (χ0) is 17.4. The first-order valence-electron chi connectivity index (χ1n) is 8.90. The molecule has 1 aliphatic heterocycles. The van der Waals surface area contributed by atoms with Crippen LogP contribution in [-0.2, 0) is 16.4 Å². The monoisotopic (exact) mass is 376 g/mol. The zero-order valence-electron chi connectivity index (χ0n) is 14.5. The van der Waals surface area contributed by atoms with E-state index >= 15 is 0 Å². The van der Waals surface area contributed by atoms with Crippen molar-refractivity contribution in [3.63, 3.8) is 0 Å². The zero-order valence-corrected chi connectivity index (χ0v) is 16.1. The predicted molar refractivity (Wildman–Crippen MR) is 101 cm³/mol. The Labute approximate surface area is 154 Å².